The van der Waals surface area contributed by atoms with Crippen LogP contribution in [0.25, 0.3) is 0 Å². The minimum atomic E-state index is -0.377. The highest BCUT2D eigenvalue weighted by Crippen LogP contribution is 2.31. The van der Waals surface area contributed by atoms with E-state index < -0.39 is 0 Å². The van der Waals surface area contributed by atoms with E-state index in [2.05, 4.69) is 15.9 Å². The van der Waals surface area contributed by atoms with Gasteiger partial charge in [-0.15, -0.1) is 0 Å². The fraction of sp³-hybridized carbons (Fsp3) is 0.188. The molecule has 1 aliphatic rings. The minimum absolute atomic E-state index is 0.149. The van der Waals surface area contributed by atoms with Crippen molar-refractivity contribution in [3.63, 3.8) is 0 Å². The molecule has 6 heteroatoms. The molecule has 0 amide bonds. The van der Waals surface area contributed by atoms with Crippen LogP contribution in [0.2, 0.25) is 0 Å². The lowest BCUT2D eigenvalue weighted by molar-refractivity contribution is 0.0919. The second-order valence-electron chi connectivity index (χ2n) is 4.65. The van der Waals surface area contributed by atoms with E-state index in [9.17, 15) is 9.18 Å². The van der Waals surface area contributed by atoms with Crippen LogP contribution >= 0.6 is 15.9 Å². The van der Waals surface area contributed by atoms with Gasteiger partial charge in [-0.2, -0.15) is 0 Å². The van der Waals surface area contributed by atoms with Gasteiger partial charge in [0.2, 0.25) is 0 Å². The predicted molar refractivity (Wildman–Crippen MR) is 81.4 cm³/mol. The zero-order chi connectivity index (χ0) is 15.5. The number of hydrogen-bond acceptors (Lipinski definition) is 4. The molecule has 4 nitrogen and oxygen atoms in total. The summed E-state index contributed by atoms with van der Waals surface area (Å²) >= 11 is 3.19. The third kappa shape index (κ3) is 3.22. The lowest BCUT2D eigenvalue weighted by atomic mass is 10.1. The Kier molecular flexibility index (Phi) is 4.29. The van der Waals surface area contributed by atoms with Crippen LogP contribution in [-0.4, -0.2) is 25.6 Å². The first-order chi connectivity index (χ1) is 10.6. The highest BCUT2D eigenvalue weighted by atomic mass is 79.9. The van der Waals surface area contributed by atoms with E-state index in [1.807, 2.05) is 0 Å². The molecule has 0 radical (unpaired) electrons. The first-order valence-electron chi connectivity index (χ1n) is 6.64. The molecule has 0 unspecified atom stereocenters. The van der Waals surface area contributed by atoms with E-state index in [4.69, 9.17) is 14.2 Å². The van der Waals surface area contributed by atoms with Crippen molar-refractivity contribution >= 4 is 21.7 Å². The molecule has 0 N–H and O–H groups in total. The number of fused-ring (bicyclic) bond motifs is 1. The van der Waals surface area contributed by atoms with Crippen molar-refractivity contribution in [3.05, 3.63) is 52.3 Å². The Hall–Kier alpha value is -2.08. The van der Waals surface area contributed by atoms with Crippen LogP contribution < -0.4 is 14.2 Å². The molecule has 1 aliphatic heterocycles. The molecule has 0 aromatic heterocycles. The van der Waals surface area contributed by atoms with Crippen LogP contribution in [0.1, 0.15) is 10.4 Å². The van der Waals surface area contributed by atoms with Crippen LogP contribution in [0.15, 0.2) is 40.9 Å². The Morgan fingerprint density at radius 2 is 1.91 bits per heavy atom. The molecular weight excluding hydrogens is 355 g/mol. The summed E-state index contributed by atoms with van der Waals surface area (Å²) in [6.07, 6.45) is 0. The second kappa shape index (κ2) is 6.36. The molecule has 0 aliphatic carbocycles. The molecule has 114 valence electrons. The molecule has 1 heterocycles. The zero-order valence-electron chi connectivity index (χ0n) is 11.5. The topological polar surface area (TPSA) is 44.8 Å². The van der Waals surface area contributed by atoms with Gasteiger partial charge in [-0.1, -0.05) is 0 Å². The molecule has 0 saturated heterocycles. The van der Waals surface area contributed by atoms with Crippen molar-refractivity contribution in [2.45, 2.75) is 0 Å². The molecule has 22 heavy (non-hydrogen) atoms. The molecular formula is C16H12BrFO4. The number of halogens is 2. The Balaban J connectivity index is 1.69. The van der Waals surface area contributed by atoms with Gasteiger partial charge in [0, 0.05) is 5.56 Å². The lowest BCUT2D eigenvalue weighted by Crippen LogP contribution is -2.17. The maximum Gasteiger partial charge on any atom is 0.200 e. The second-order valence-corrected chi connectivity index (χ2v) is 5.50. The summed E-state index contributed by atoms with van der Waals surface area (Å²) in [5.74, 6) is 1.02. The van der Waals surface area contributed by atoms with Gasteiger partial charge in [0.05, 0.1) is 4.47 Å². The maximum atomic E-state index is 13.0. The van der Waals surface area contributed by atoms with E-state index in [1.165, 1.54) is 18.2 Å². The maximum absolute atomic E-state index is 13.0. The van der Waals surface area contributed by atoms with Crippen LogP contribution in [0, 0.1) is 5.82 Å². The molecule has 0 atom stereocenters. The van der Waals surface area contributed by atoms with E-state index in [0.717, 1.165) is 0 Å². The third-order valence-electron chi connectivity index (χ3n) is 3.12. The monoisotopic (exact) mass is 366 g/mol. The van der Waals surface area contributed by atoms with Crippen molar-refractivity contribution in [2.24, 2.45) is 0 Å². The molecule has 0 bridgehead atoms. The molecule has 0 spiro atoms. The summed E-state index contributed by atoms with van der Waals surface area (Å²) in [6, 6.07) is 9.03. The molecule has 2 aromatic rings. The number of hydrogen-bond donors (Lipinski definition) is 0. The number of ether oxygens (including phenoxy) is 3. The summed E-state index contributed by atoms with van der Waals surface area (Å²) in [6.45, 7) is 0.815. The average molecular weight is 367 g/mol. The Bertz CT molecular complexity index is 717. The van der Waals surface area contributed by atoms with Crippen LogP contribution in [0.5, 0.6) is 17.2 Å². The van der Waals surface area contributed by atoms with Crippen molar-refractivity contribution in [2.75, 3.05) is 19.8 Å². The molecule has 2 aromatic carbocycles. The van der Waals surface area contributed by atoms with Gasteiger partial charge in [0.25, 0.3) is 0 Å². The third-order valence-corrected chi connectivity index (χ3v) is 3.74. The Morgan fingerprint density at radius 1 is 1.14 bits per heavy atom. The van der Waals surface area contributed by atoms with Gasteiger partial charge >= 0.3 is 0 Å². The first kappa shape index (κ1) is 14.8. The highest BCUT2D eigenvalue weighted by molar-refractivity contribution is 9.10. The van der Waals surface area contributed by atoms with Gasteiger partial charge in [0.1, 0.15) is 24.8 Å². The SMILES string of the molecule is O=C(COc1ccc(F)cc1Br)c1ccc2c(c1)OCCO2. The Labute approximate surface area is 134 Å². The molecule has 0 fully saturated rings. The van der Waals surface area contributed by atoms with Crippen molar-refractivity contribution in [1.29, 1.82) is 0 Å². The van der Waals surface area contributed by atoms with Gasteiger partial charge in [-0.25, -0.2) is 4.39 Å². The van der Waals surface area contributed by atoms with Crippen molar-refractivity contribution in [3.8, 4) is 17.2 Å². The summed E-state index contributed by atoms with van der Waals surface area (Å²) in [5.41, 5.74) is 0.475. The zero-order valence-corrected chi connectivity index (χ0v) is 13.1. The Morgan fingerprint density at radius 3 is 2.68 bits per heavy atom. The number of carbonyl (C=O) groups excluding carboxylic acids is 1. The van der Waals surface area contributed by atoms with E-state index in [0.29, 0.717) is 40.5 Å². The summed E-state index contributed by atoms with van der Waals surface area (Å²) in [5, 5.41) is 0. The van der Waals surface area contributed by atoms with Crippen LogP contribution in [-0.2, 0) is 0 Å². The van der Waals surface area contributed by atoms with Gasteiger partial charge in [0.15, 0.2) is 23.9 Å². The summed E-state index contributed by atoms with van der Waals surface area (Å²) in [7, 11) is 0. The predicted octanol–water partition coefficient (Wildman–Crippen LogP) is 3.62. The van der Waals surface area contributed by atoms with Crippen molar-refractivity contribution < 1.29 is 23.4 Å². The standard InChI is InChI=1S/C16H12BrFO4/c17-12-8-11(18)2-4-14(12)22-9-13(19)10-1-3-15-16(7-10)21-6-5-20-15/h1-4,7-8H,5-6,9H2. The fourth-order valence-corrected chi connectivity index (χ4v) is 2.50. The summed E-state index contributed by atoms with van der Waals surface area (Å²) in [4.78, 5) is 12.2. The lowest BCUT2D eigenvalue weighted by Gasteiger charge is -2.18. The largest absolute Gasteiger partial charge is 0.486 e. The normalized spacial score (nSPS) is 12.8. The number of carbonyl (C=O) groups is 1. The van der Waals surface area contributed by atoms with E-state index >= 15 is 0 Å². The first-order valence-corrected chi connectivity index (χ1v) is 7.43. The smallest absolute Gasteiger partial charge is 0.200 e. The fourth-order valence-electron chi connectivity index (χ4n) is 2.04. The van der Waals surface area contributed by atoms with Gasteiger partial charge in [-0.05, 0) is 52.3 Å². The number of Topliss-reactive ketones (excluding diaryl/α,β-unsaturated/α-hetero) is 1. The number of ketones is 1. The number of rotatable bonds is 4. The molecule has 0 saturated carbocycles. The molecule has 3 rings (SSSR count). The van der Waals surface area contributed by atoms with Crippen LogP contribution in [0.4, 0.5) is 4.39 Å². The van der Waals surface area contributed by atoms with Crippen LogP contribution in [0.3, 0.4) is 0 Å². The highest BCUT2D eigenvalue weighted by Gasteiger charge is 2.15. The average Bonchev–Trinajstić information content (AvgIpc) is 2.53. The summed E-state index contributed by atoms with van der Waals surface area (Å²) < 4.78 is 29.7. The quantitative estimate of drug-likeness (QED) is 0.775. The van der Waals surface area contributed by atoms with Gasteiger partial charge < -0.3 is 14.2 Å². The minimum Gasteiger partial charge on any atom is -0.486 e. The van der Waals surface area contributed by atoms with Gasteiger partial charge in [-0.3, -0.25) is 4.79 Å². The van der Waals surface area contributed by atoms with Crippen molar-refractivity contribution in [1.82, 2.24) is 0 Å². The number of benzene rings is 2. The van der Waals surface area contributed by atoms with E-state index in [1.54, 1.807) is 18.2 Å². The van der Waals surface area contributed by atoms with E-state index in [-0.39, 0.29) is 18.2 Å².